The first kappa shape index (κ1) is 30.6. The molecular weight excluding hydrogens is 649 g/mol. The van der Waals surface area contributed by atoms with Crippen molar-refractivity contribution in [1.82, 2.24) is 0 Å². The quantitative estimate of drug-likeness (QED) is 0.162. The van der Waals surface area contributed by atoms with Gasteiger partial charge in [0.2, 0.25) is 0 Å². The topological polar surface area (TPSA) is 0 Å². The minimum absolute atomic E-state index is 1.20. The first-order valence-corrected chi connectivity index (χ1v) is 18.7. The fourth-order valence-corrected chi connectivity index (χ4v) is 8.71. The van der Waals surface area contributed by atoms with Crippen molar-refractivity contribution < 1.29 is 0 Å². The Kier molecular flexibility index (Phi) is 6.97. The van der Waals surface area contributed by atoms with Crippen LogP contribution in [0.1, 0.15) is 0 Å². The number of hydrogen-bond acceptors (Lipinski definition) is 0. The van der Waals surface area contributed by atoms with Gasteiger partial charge < -0.3 is 0 Å². The van der Waals surface area contributed by atoms with Crippen LogP contribution in [0.4, 0.5) is 0 Å². The van der Waals surface area contributed by atoms with E-state index in [0.29, 0.717) is 0 Å². The Morgan fingerprint density at radius 3 is 1.17 bits per heavy atom. The third-order valence-electron chi connectivity index (χ3n) is 11.4. The summed E-state index contributed by atoms with van der Waals surface area (Å²) in [5.41, 5.74) is 9.69. The van der Waals surface area contributed by atoms with Crippen molar-refractivity contribution >= 4 is 64.6 Å². The highest BCUT2D eigenvalue weighted by atomic mass is 14.2. The Hall–Kier alpha value is -7.02. The molecule has 0 spiro atoms. The Morgan fingerprint density at radius 1 is 0.167 bits per heavy atom. The average molecular weight is 683 g/mol. The number of fused-ring (bicyclic) bond motifs is 11. The molecule has 0 saturated carbocycles. The molecule has 0 nitrogen and oxygen atoms in total. The van der Waals surface area contributed by atoms with Gasteiger partial charge in [-0.1, -0.05) is 176 Å². The lowest BCUT2D eigenvalue weighted by Crippen LogP contribution is -1.89. The molecule has 0 heteroatoms. The van der Waals surface area contributed by atoms with Crippen molar-refractivity contribution in [2.24, 2.45) is 0 Å². The molecule has 0 unspecified atom stereocenters. The SMILES string of the molecule is c1ccc(-c2ccc(-c3cc(-c4ccc5c6ccccc6c6ccccc6c5c4)cc(-c4ccc5ccc6ccc7ccccc7c6c5c4)c3)cc2)cc1. The molecule has 0 aromatic heterocycles. The van der Waals surface area contributed by atoms with Crippen LogP contribution >= 0.6 is 0 Å². The van der Waals surface area contributed by atoms with Crippen molar-refractivity contribution in [1.29, 1.82) is 0 Å². The standard InChI is InChI=1S/C54H34/c1-2-10-35(11-3-1)36-18-20-37(21-19-36)43-30-44(41-27-24-39-23-26-40-25-22-38-12-4-5-13-46(38)54(40)52(39)33-41)32-45(31-43)42-28-29-51-49-16-7-6-14-47(49)48-15-8-9-17-50(48)53(51)34-42/h1-34H. The minimum Gasteiger partial charge on any atom is -0.0622 e. The molecule has 0 aliphatic heterocycles. The summed E-state index contributed by atoms with van der Waals surface area (Å²) in [5.74, 6) is 0. The smallest absolute Gasteiger partial charge is 0.00266 e. The van der Waals surface area contributed by atoms with Crippen molar-refractivity contribution in [3.63, 3.8) is 0 Å². The summed E-state index contributed by atoms with van der Waals surface area (Å²) in [7, 11) is 0. The van der Waals surface area contributed by atoms with Crippen molar-refractivity contribution in [2.45, 2.75) is 0 Å². The van der Waals surface area contributed by atoms with Crippen molar-refractivity contribution in [3.05, 3.63) is 206 Å². The van der Waals surface area contributed by atoms with Gasteiger partial charge in [0.15, 0.2) is 0 Å². The highest BCUT2D eigenvalue weighted by Crippen LogP contribution is 2.41. The van der Waals surface area contributed by atoms with Gasteiger partial charge in [-0.3, -0.25) is 0 Å². The van der Waals surface area contributed by atoms with Crippen LogP contribution in [-0.4, -0.2) is 0 Å². The zero-order valence-corrected chi connectivity index (χ0v) is 29.6. The van der Waals surface area contributed by atoms with Gasteiger partial charge in [0.05, 0.1) is 0 Å². The van der Waals surface area contributed by atoms with Crippen LogP contribution in [0, 0.1) is 0 Å². The summed E-state index contributed by atoms with van der Waals surface area (Å²) < 4.78 is 0. The van der Waals surface area contributed by atoms with E-state index in [-0.39, 0.29) is 0 Å². The van der Waals surface area contributed by atoms with Gasteiger partial charge in [0.25, 0.3) is 0 Å². The van der Waals surface area contributed by atoms with Gasteiger partial charge >= 0.3 is 0 Å². The van der Waals surface area contributed by atoms with Crippen LogP contribution in [-0.2, 0) is 0 Å². The normalized spacial score (nSPS) is 11.7. The molecule has 0 bridgehead atoms. The van der Waals surface area contributed by atoms with E-state index >= 15 is 0 Å². The zero-order chi connectivity index (χ0) is 35.6. The van der Waals surface area contributed by atoms with E-state index in [1.165, 1.54) is 109 Å². The van der Waals surface area contributed by atoms with Crippen molar-refractivity contribution in [2.75, 3.05) is 0 Å². The maximum absolute atomic E-state index is 2.41. The second-order valence-corrected chi connectivity index (χ2v) is 14.5. The van der Waals surface area contributed by atoms with E-state index in [1.54, 1.807) is 0 Å². The summed E-state index contributed by atoms with van der Waals surface area (Å²) in [6.07, 6.45) is 0. The highest BCUT2D eigenvalue weighted by molar-refractivity contribution is 6.26. The Balaban J connectivity index is 1.14. The molecule has 0 atom stereocenters. The fourth-order valence-electron chi connectivity index (χ4n) is 8.71. The lowest BCUT2D eigenvalue weighted by molar-refractivity contribution is 1.57. The third-order valence-corrected chi connectivity index (χ3v) is 11.4. The molecule has 0 fully saturated rings. The molecule has 0 amide bonds. The molecular formula is C54H34. The molecule has 0 heterocycles. The van der Waals surface area contributed by atoms with Crippen LogP contribution in [0.15, 0.2) is 206 Å². The molecule has 11 aromatic rings. The van der Waals surface area contributed by atoms with Gasteiger partial charge in [-0.05, 0) is 139 Å². The summed E-state index contributed by atoms with van der Waals surface area (Å²) in [6.45, 7) is 0. The fraction of sp³-hybridized carbons (Fsp3) is 0. The van der Waals surface area contributed by atoms with Gasteiger partial charge in [0.1, 0.15) is 0 Å². The molecule has 0 N–H and O–H groups in total. The Labute approximate surface area is 314 Å². The van der Waals surface area contributed by atoms with Crippen molar-refractivity contribution in [3.8, 4) is 44.5 Å². The van der Waals surface area contributed by atoms with Crippen LogP contribution in [0.25, 0.3) is 109 Å². The molecule has 0 radical (unpaired) electrons. The molecule has 11 aromatic carbocycles. The summed E-state index contributed by atoms with van der Waals surface area (Å²) in [5, 5.41) is 15.4. The molecule has 0 saturated heterocycles. The maximum Gasteiger partial charge on any atom is -0.00266 e. The lowest BCUT2D eigenvalue weighted by atomic mass is 9.89. The number of benzene rings is 11. The van der Waals surface area contributed by atoms with Crippen LogP contribution < -0.4 is 0 Å². The number of rotatable bonds is 4. The second-order valence-electron chi connectivity index (χ2n) is 14.5. The Bertz CT molecular complexity index is 3160. The van der Waals surface area contributed by atoms with E-state index < -0.39 is 0 Å². The third kappa shape index (κ3) is 4.99. The predicted molar refractivity (Wildman–Crippen MR) is 233 cm³/mol. The zero-order valence-electron chi connectivity index (χ0n) is 29.6. The largest absolute Gasteiger partial charge is 0.0622 e. The first-order valence-electron chi connectivity index (χ1n) is 18.7. The van der Waals surface area contributed by atoms with E-state index in [4.69, 9.17) is 0 Å². The predicted octanol–water partition coefficient (Wildman–Crippen LogP) is 15.3. The summed E-state index contributed by atoms with van der Waals surface area (Å²) in [6, 6.07) is 76.2. The van der Waals surface area contributed by atoms with E-state index in [0.717, 1.165) is 0 Å². The summed E-state index contributed by atoms with van der Waals surface area (Å²) >= 11 is 0. The second kappa shape index (κ2) is 12.3. The molecule has 0 aliphatic rings. The van der Waals surface area contributed by atoms with Gasteiger partial charge in [-0.25, -0.2) is 0 Å². The monoisotopic (exact) mass is 682 g/mol. The first-order chi connectivity index (χ1) is 26.7. The molecule has 0 aliphatic carbocycles. The lowest BCUT2D eigenvalue weighted by Gasteiger charge is -2.15. The van der Waals surface area contributed by atoms with Gasteiger partial charge in [-0.15, -0.1) is 0 Å². The van der Waals surface area contributed by atoms with Crippen LogP contribution in [0.3, 0.4) is 0 Å². The maximum atomic E-state index is 2.41. The molecule has 250 valence electrons. The van der Waals surface area contributed by atoms with E-state index in [9.17, 15) is 0 Å². The summed E-state index contributed by atoms with van der Waals surface area (Å²) in [4.78, 5) is 0. The van der Waals surface area contributed by atoms with E-state index in [1.807, 2.05) is 0 Å². The van der Waals surface area contributed by atoms with E-state index in [2.05, 4.69) is 206 Å². The molecule has 54 heavy (non-hydrogen) atoms. The minimum atomic E-state index is 1.20. The number of hydrogen-bond donors (Lipinski definition) is 0. The Morgan fingerprint density at radius 2 is 0.537 bits per heavy atom. The van der Waals surface area contributed by atoms with Gasteiger partial charge in [0, 0.05) is 0 Å². The van der Waals surface area contributed by atoms with Crippen LogP contribution in [0.5, 0.6) is 0 Å². The molecule has 11 rings (SSSR count). The van der Waals surface area contributed by atoms with Gasteiger partial charge in [-0.2, -0.15) is 0 Å². The van der Waals surface area contributed by atoms with Crippen LogP contribution in [0.2, 0.25) is 0 Å². The highest BCUT2D eigenvalue weighted by Gasteiger charge is 2.14. The average Bonchev–Trinajstić information content (AvgIpc) is 3.26.